The first-order valence-corrected chi connectivity index (χ1v) is 6.27. The number of hydrogen-bond donors (Lipinski definition) is 2. The monoisotopic (exact) mass is 285 g/mol. The Kier molecular flexibility index (Phi) is 4.76. The number of piperidine rings is 1. The van der Waals surface area contributed by atoms with Crippen molar-refractivity contribution in [2.45, 2.75) is 29.6 Å². The van der Waals surface area contributed by atoms with Crippen molar-refractivity contribution >= 4 is 47.7 Å². The summed E-state index contributed by atoms with van der Waals surface area (Å²) >= 11 is 15.8. The summed E-state index contributed by atoms with van der Waals surface area (Å²) in [7, 11) is 0. The Balaban J connectivity index is 2.79. The number of likely N-dealkylation sites (tertiary alicyclic amines) is 1. The largest absolute Gasteiger partial charge is 0.480 e. The molecular weight excluding hydrogens is 273 g/mol. The minimum atomic E-state index is -1.04. The van der Waals surface area contributed by atoms with Crippen molar-refractivity contribution in [2.75, 3.05) is 12.3 Å². The Hall–Kier alpha value is -0.130. The van der Waals surface area contributed by atoms with Crippen LogP contribution in [0.4, 0.5) is 0 Å². The third kappa shape index (κ3) is 3.43. The normalized spacial score (nSPS) is 24.2. The molecule has 0 radical (unpaired) electrons. The summed E-state index contributed by atoms with van der Waals surface area (Å²) < 4.78 is -1.04. The smallest absolute Gasteiger partial charge is 0.326 e. The number of halogens is 2. The average Bonchev–Trinajstić information content (AvgIpc) is 2.16. The molecule has 16 heavy (non-hydrogen) atoms. The summed E-state index contributed by atoms with van der Waals surface area (Å²) in [6.45, 7) is 0.0552. The summed E-state index contributed by atoms with van der Waals surface area (Å²) in [5.74, 6) is -0.914. The SMILES string of the molecule is O=C(O)C1CCC(Cl)(Cl)CN1C(=O)CCS. The molecular formula is C9H13Cl2NO3S. The molecule has 1 saturated heterocycles. The highest BCUT2D eigenvalue weighted by atomic mass is 35.5. The van der Waals surface area contributed by atoms with E-state index in [1.165, 1.54) is 4.90 Å². The summed E-state index contributed by atoms with van der Waals surface area (Å²) in [5.41, 5.74) is 0. The number of carbonyl (C=O) groups is 2. The number of carbonyl (C=O) groups excluding carboxylic acids is 1. The topological polar surface area (TPSA) is 57.6 Å². The molecule has 0 aliphatic carbocycles. The van der Waals surface area contributed by atoms with Crippen LogP contribution in [0.25, 0.3) is 0 Å². The number of rotatable bonds is 3. The Labute approximate surface area is 109 Å². The van der Waals surface area contributed by atoms with E-state index in [2.05, 4.69) is 12.6 Å². The number of amides is 1. The van der Waals surface area contributed by atoms with Crippen LogP contribution in [0.15, 0.2) is 0 Å². The van der Waals surface area contributed by atoms with Gasteiger partial charge in [0.1, 0.15) is 10.4 Å². The van der Waals surface area contributed by atoms with E-state index < -0.39 is 16.3 Å². The molecule has 0 aromatic carbocycles. The first-order chi connectivity index (χ1) is 7.37. The van der Waals surface area contributed by atoms with Gasteiger partial charge in [-0.15, -0.1) is 0 Å². The first-order valence-electron chi connectivity index (χ1n) is 4.88. The van der Waals surface area contributed by atoms with Crippen molar-refractivity contribution in [3.63, 3.8) is 0 Å². The van der Waals surface area contributed by atoms with Crippen LogP contribution in [0.5, 0.6) is 0 Å². The van der Waals surface area contributed by atoms with Gasteiger partial charge in [0.25, 0.3) is 0 Å². The lowest BCUT2D eigenvalue weighted by Crippen LogP contribution is -2.53. The fourth-order valence-electron chi connectivity index (χ4n) is 1.70. The molecule has 1 unspecified atom stereocenters. The predicted molar refractivity (Wildman–Crippen MR) is 65.3 cm³/mol. The third-order valence-electron chi connectivity index (χ3n) is 2.49. The predicted octanol–water partition coefficient (Wildman–Crippen LogP) is 1.56. The van der Waals surface area contributed by atoms with Crippen molar-refractivity contribution in [1.82, 2.24) is 4.90 Å². The summed E-state index contributed by atoms with van der Waals surface area (Å²) in [4.78, 5) is 23.9. The fourth-order valence-corrected chi connectivity index (χ4v) is 2.37. The van der Waals surface area contributed by atoms with Crippen molar-refractivity contribution in [2.24, 2.45) is 0 Å². The maximum Gasteiger partial charge on any atom is 0.326 e. The van der Waals surface area contributed by atoms with Crippen molar-refractivity contribution in [3.8, 4) is 0 Å². The molecule has 0 aromatic rings. The molecule has 0 aromatic heterocycles. The zero-order chi connectivity index (χ0) is 12.3. The van der Waals surface area contributed by atoms with Crippen LogP contribution in [0.1, 0.15) is 19.3 Å². The standard InChI is InChI=1S/C9H13Cl2NO3S/c10-9(11)3-1-6(8(14)15)12(5-9)7(13)2-4-16/h6,16H,1-5H2,(H,14,15). The van der Waals surface area contributed by atoms with Gasteiger partial charge in [-0.05, 0) is 18.6 Å². The lowest BCUT2D eigenvalue weighted by molar-refractivity contribution is -0.152. The molecule has 0 saturated carbocycles. The zero-order valence-electron chi connectivity index (χ0n) is 8.53. The molecule has 4 nitrogen and oxygen atoms in total. The molecule has 1 amide bonds. The second-order valence-corrected chi connectivity index (χ2v) is 5.83. The van der Waals surface area contributed by atoms with Crippen LogP contribution in [-0.4, -0.2) is 44.6 Å². The quantitative estimate of drug-likeness (QED) is 0.611. The third-order valence-corrected chi connectivity index (χ3v) is 3.33. The van der Waals surface area contributed by atoms with Crippen LogP contribution in [0.3, 0.4) is 0 Å². The van der Waals surface area contributed by atoms with Gasteiger partial charge in [0.05, 0.1) is 6.54 Å². The maximum absolute atomic E-state index is 11.7. The summed E-state index contributed by atoms with van der Waals surface area (Å²) in [5, 5.41) is 9.00. The van der Waals surface area contributed by atoms with E-state index in [4.69, 9.17) is 28.3 Å². The fraction of sp³-hybridized carbons (Fsp3) is 0.778. The van der Waals surface area contributed by atoms with Crippen LogP contribution < -0.4 is 0 Å². The van der Waals surface area contributed by atoms with E-state index in [0.717, 1.165) is 0 Å². The Morgan fingerprint density at radius 1 is 1.50 bits per heavy atom. The molecule has 1 atom stereocenters. The lowest BCUT2D eigenvalue weighted by atomic mass is 10.0. The van der Waals surface area contributed by atoms with Gasteiger partial charge >= 0.3 is 5.97 Å². The van der Waals surface area contributed by atoms with Gasteiger partial charge < -0.3 is 10.0 Å². The van der Waals surface area contributed by atoms with Crippen LogP contribution >= 0.6 is 35.8 Å². The molecule has 1 aliphatic heterocycles. The maximum atomic E-state index is 11.7. The van der Waals surface area contributed by atoms with E-state index in [0.29, 0.717) is 12.2 Å². The highest BCUT2D eigenvalue weighted by Crippen LogP contribution is 2.35. The van der Waals surface area contributed by atoms with Crippen molar-refractivity contribution in [3.05, 3.63) is 0 Å². The minimum absolute atomic E-state index is 0.0552. The van der Waals surface area contributed by atoms with E-state index in [-0.39, 0.29) is 25.3 Å². The van der Waals surface area contributed by atoms with Gasteiger partial charge in [-0.1, -0.05) is 23.2 Å². The van der Waals surface area contributed by atoms with E-state index in [1.54, 1.807) is 0 Å². The summed E-state index contributed by atoms with van der Waals surface area (Å²) in [6, 6.07) is -0.821. The molecule has 0 bridgehead atoms. The van der Waals surface area contributed by atoms with Gasteiger partial charge in [0, 0.05) is 6.42 Å². The van der Waals surface area contributed by atoms with Crippen molar-refractivity contribution in [1.29, 1.82) is 0 Å². The van der Waals surface area contributed by atoms with Gasteiger partial charge in [0.2, 0.25) is 5.91 Å². The highest BCUT2D eigenvalue weighted by Gasteiger charge is 2.41. The van der Waals surface area contributed by atoms with Gasteiger partial charge in [-0.25, -0.2) is 4.79 Å². The lowest BCUT2D eigenvalue weighted by Gasteiger charge is -2.39. The molecule has 0 spiro atoms. The number of aliphatic carboxylic acids is 1. The van der Waals surface area contributed by atoms with Crippen LogP contribution in [-0.2, 0) is 9.59 Å². The van der Waals surface area contributed by atoms with E-state index in [1.807, 2.05) is 0 Å². The van der Waals surface area contributed by atoms with Crippen LogP contribution in [0, 0.1) is 0 Å². The van der Waals surface area contributed by atoms with Gasteiger partial charge in [0.15, 0.2) is 0 Å². The molecule has 1 aliphatic rings. The van der Waals surface area contributed by atoms with Crippen molar-refractivity contribution < 1.29 is 14.7 Å². The average molecular weight is 286 g/mol. The van der Waals surface area contributed by atoms with Gasteiger partial charge in [-0.2, -0.15) is 12.6 Å². The minimum Gasteiger partial charge on any atom is -0.480 e. The number of carboxylic acid groups (broad SMARTS) is 1. The molecule has 7 heteroatoms. The molecule has 1 rings (SSSR count). The highest BCUT2D eigenvalue weighted by molar-refractivity contribution is 7.80. The number of thiol groups is 1. The molecule has 1 N–H and O–H groups in total. The van der Waals surface area contributed by atoms with Crippen LogP contribution in [0.2, 0.25) is 0 Å². The van der Waals surface area contributed by atoms with E-state index >= 15 is 0 Å². The Morgan fingerprint density at radius 2 is 2.12 bits per heavy atom. The number of nitrogens with zero attached hydrogens (tertiary/aromatic N) is 1. The Morgan fingerprint density at radius 3 is 2.62 bits per heavy atom. The number of carboxylic acids is 1. The molecule has 92 valence electrons. The molecule has 1 fully saturated rings. The molecule has 1 heterocycles. The number of hydrogen-bond acceptors (Lipinski definition) is 3. The zero-order valence-corrected chi connectivity index (χ0v) is 10.9. The van der Waals surface area contributed by atoms with Gasteiger partial charge in [-0.3, -0.25) is 4.79 Å². The second kappa shape index (κ2) is 5.47. The van der Waals surface area contributed by atoms with E-state index in [9.17, 15) is 9.59 Å². The second-order valence-electron chi connectivity index (χ2n) is 3.74. The number of alkyl halides is 2. The first kappa shape index (κ1) is 13.9. The Bertz CT molecular complexity index is 298. The summed E-state index contributed by atoms with van der Waals surface area (Å²) in [6.07, 6.45) is 0.842.